The van der Waals surface area contributed by atoms with E-state index in [0.717, 1.165) is 43.0 Å². The van der Waals surface area contributed by atoms with Crippen LogP contribution >= 0.6 is 0 Å². The number of rotatable bonds is 5. The molecule has 31 heavy (non-hydrogen) atoms. The predicted octanol–water partition coefficient (Wildman–Crippen LogP) is 5.25. The smallest absolute Gasteiger partial charge is 0.225 e. The van der Waals surface area contributed by atoms with Gasteiger partial charge in [0.15, 0.2) is 0 Å². The second kappa shape index (κ2) is 8.74. The van der Waals surface area contributed by atoms with E-state index in [4.69, 9.17) is 4.98 Å². The lowest BCUT2D eigenvalue weighted by atomic mass is 9.96. The highest BCUT2D eigenvalue weighted by Gasteiger charge is 2.31. The lowest BCUT2D eigenvalue weighted by Gasteiger charge is -2.34. The van der Waals surface area contributed by atoms with Crippen molar-refractivity contribution in [3.63, 3.8) is 0 Å². The number of para-hydroxylation sites is 2. The van der Waals surface area contributed by atoms with Crippen molar-refractivity contribution >= 4 is 22.9 Å². The van der Waals surface area contributed by atoms with Crippen LogP contribution in [0.5, 0.6) is 0 Å². The predicted molar refractivity (Wildman–Crippen MR) is 125 cm³/mol. The third-order valence-corrected chi connectivity index (χ3v) is 7.00. The van der Waals surface area contributed by atoms with Crippen LogP contribution in [-0.4, -0.2) is 28.5 Å². The largest absolute Gasteiger partial charge is 0.349 e. The fourth-order valence-electron chi connectivity index (χ4n) is 5.31. The Morgan fingerprint density at radius 2 is 1.74 bits per heavy atom. The molecular formula is C26H32N4O. The normalized spacial score (nSPS) is 20.8. The van der Waals surface area contributed by atoms with Gasteiger partial charge in [-0.15, -0.1) is 0 Å². The molecule has 5 heteroatoms. The van der Waals surface area contributed by atoms with Crippen molar-refractivity contribution in [1.29, 1.82) is 0 Å². The number of hydrogen-bond donors (Lipinski definition) is 1. The third-order valence-electron chi connectivity index (χ3n) is 7.00. The van der Waals surface area contributed by atoms with Crippen LogP contribution in [0.4, 0.5) is 5.95 Å². The second-order valence-corrected chi connectivity index (χ2v) is 9.13. The number of imidazole rings is 1. The Bertz CT molecular complexity index is 1040. The number of anilines is 1. The van der Waals surface area contributed by atoms with Crippen molar-refractivity contribution in [3.8, 4) is 0 Å². The molecule has 162 valence electrons. The van der Waals surface area contributed by atoms with Crippen LogP contribution in [0.25, 0.3) is 11.0 Å². The zero-order chi connectivity index (χ0) is 21.2. The zero-order valence-electron chi connectivity index (χ0n) is 18.3. The van der Waals surface area contributed by atoms with Gasteiger partial charge in [-0.25, -0.2) is 4.98 Å². The van der Waals surface area contributed by atoms with E-state index < -0.39 is 0 Å². The van der Waals surface area contributed by atoms with Crippen molar-refractivity contribution in [3.05, 3.63) is 60.2 Å². The highest BCUT2D eigenvalue weighted by molar-refractivity contribution is 5.81. The van der Waals surface area contributed by atoms with Gasteiger partial charge in [-0.2, -0.15) is 0 Å². The number of aromatic nitrogens is 2. The number of amides is 1. The first-order valence-corrected chi connectivity index (χ1v) is 11.8. The molecule has 3 aromatic rings. The van der Waals surface area contributed by atoms with Crippen molar-refractivity contribution in [2.24, 2.45) is 5.92 Å². The lowest BCUT2D eigenvalue weighted by Crippen LogP contribution is -2.44. The summed E-state index contributed by atoms with van der Waals surface area (Å²) in [7, 11) is 0. The summed E-state index contributed by atoms with van der Waals surface area (Å²) < 4.78 is 2.47. The Labute approximate surface area is 184 Å². The molecule has 0 bridgehead atoms. The first-order chi connectivity index (χ1) is 15.2. The van der Waals surface area contributed by atoms with Crippen LogP contribution in [0.3, 0.4) is 0 Å². The molecule has 1 N–H and O–H groups in total. The maximum atomic E-state index is 13.1. The van der Waals surface area contributed by atoms with E-state index in [1.807, 2.05) is 18.2 Å². The summed E-state index contributed by atoms with van der Waals surface area (Å²) in [5, 5.41) is 3.24. The highest BCUT2D eigenvalue weighted by atomic mass is 16.2. The number of nitrogens with zero attached hydrogens (tertiary/aromatic N) is 3. The molecule has 2 aromatic carbocycles. The molecule has 2 aliphatic rings. The summed E-state index contributed by atoms with van der Waals surface area (Å²) in [5.41, 5.74) is 3.44. The standard InChI is InChI=1S/C26H32N4O/c1-19(20-10-3-2-4-11-20)27-25(31)21-12-9-17-29(18-21)26-28-23-15-7-8-16-24(23)30(26)22-13-5-6-14-22/h2-4,7-8,10-11,15-16,19,21-22H,5-6,9,12-14,17-18H2,1H3,(H,27,31)/t19-,21+/m1/s1. The Kier molecular flexibility index (Phi) is 5.66. The topological polar surface area (TPSA) is 50.2 Å². The minimum Gasteiger partial charge on any atom is -0.349 e. The third kappa shape index (κ3) is 4.06. The number of carbonyl (C=O) groups is 1. The van der Waals surface area contributed by atoms with E-state index in [0.29, 0.717) is 6.04 Å². The van der Waals surface area contributed by atoms with Gasteiger partial charge in [0.1, 0.15) is 0 Å². The fraction of sp³-hybridized carbons (Fsp3) is 0.462. The molecule has 1 aliphatic carbocycles. The monoisotopic (exact) mass is 416 g/mol. The summed E-state index contributed by atoms with van der Waals surface area (Å²) in [6, 6.07) is 19.2. The minimum atomic E-state index is -0.00301. The maximum Gasteiger partial charge on any atom is 0.225 e. The Balaban J connectivity index is 1.36. The molecule has 1 aromatic heterocycles. The second-order valence-electron chi connectivity index (χ2n) is 9.13. The molecule has 1 aliphatic heterocycles. The molecule has 1 saturated carbocycles. The summed E-state index contributed by atoms with van der Waals surface area (Å²) in [5.74, 6) is 1.21. The number of fused-ring (bicyclic) bond motifs is 1. The first kappa shape index (κ1) is 20.1. The average Bonchev–Trinajstić information content (AvgIpc) is 3.47. The summed E-state index contributed by atoms with van der Waals surface area (Å²) in [6.07, 6.45) is 6.98. The first-order valence-electron chi connectivity index (χ1n) is 11.8. The molecule has 5 rings (SSSR count). The molecule has 1 amide bonds. The number of hydrogen-bond acceptors (Lipinski definition) is 3. The fourth-order valence-corrected chi connectivity index (χ4v) is 5.31. The van der Waals surface area contributed by atoms with Crippen LogP contribution in [0.15, 0.2) is 54.6 Å². The van der Waals surface area contributed by atoms with Crippen LogP contribution in [0.1, 0.15) is 63.1 Å². The molecule has 2 heterocycles. The van der Waals surface area contributed by atoms with E-state index >= 15 is 0 Å². The van der Waals surface area contributed by atoms with E-state index in [2.05, 4.69) is 58.1 Å². The molecule has 1 saturated heterocycles. The van der Waals surface area contributed by atoms with Crippen LogP contribution in [0.2, 0.25) is 0 Å². The van der Waals surface area contributed by atoms with Gasteiger partial charge in [0, 0.05) is 19.1 Å². The minimum absolute atomic E-state index is 0.00301. The molecule has 2 fully saturated rings. The van der Waals surface area contributed by atoms with Gasteiger partial charge in [-0.3, -0.25) is 4.79 Å². The van der Waals surface area contributed by atoms with Gasteiger partial charge in [0.25, 0.3) is 0 Å². The maximum absolute atomic E-state index is 13.1. The number of carbonyl (C=O) groups excluding carboxylic acids is 1. The quantitative estimate of drug-likeness (QED) is 0.618. The number of benzene rings is 2. The molecule has 0 spiro atoms. The van der Waals surface area contributed by atoms with E-state index in [1.54, 1.807) is 0 Å². The van der Waals surface area contributed by atoms with Gasteiger partial charge in [-0.1, -0.05) is 55.3 Å². The van der Waals surface area contributed by atoms with Crippen molar-refractivity contribution in [2.75, 3.05) is 18.0 Å². The van der Waals surface area contributed by atoms with Crippen LogP contribution in [-0.2, 0) is 4.79 Å². The van der Waals surface area contributed by atoms with Crippen LogP contribution < -0.4 is 10.2 Å². The van der Waals surface area contributed by atoms with Gasteiger partial charge in [0.05, 0.1) is 23.0 Å². The zero-order valence-corrected chi connectivity index (χ0v) is 18.3. The number of nitrogens with one attached hydrogen (secondary N) is 1. The van der Waals surface area contributed by atoms with E-state index in [1.165, 1.54) is 31.2 Å². The van der Waals surface area contributed by atoms with E-state index in [-0.39, 0.29) is 17.9 Å². The molecule has 0 radical (unpaired) electrons. The Hall–Kier alpha value is -2.82. The summed E-state index contributed by atoms with van der Waals surface area (Å²) in [6.45, 7) is 3.77. The van der Waals surface area contributed by atoms with Crippen LogP contribution in [0, 0.1) is 5.92 Å². The molecule has 5 nitrogen and oxygen atoms in total. The Morgan fingerprint density at radius 1 is 1.00 bits per heavy atom. The number of piperidine rings is 1. The van der Waals surface area contributed by atoms with E-state index in [9.17, 15) is 4.79 Å². The molecular weight excluding hydrogens is 384 g/mol. The highest BCUT2D eigenvalue weighted by Crippen LogP contribution is 2.37. The van der Waals surface area contributed by atoms with Gasteiger partial charge in [0.2, 0.25) is 11.9 Å². The Morgan fingerprint density at radius 3 is 2.55 bits per heavy atom. The van der Waals surface area contributed by atoms with Crippen molar-refractivity contribution in [2.45, 2.75) is 57.5 Å². The summed E-state index contributed by atoms with van der Waals surface area (Å²) >= 11 is 0. The van der Waals surface area contributed by atoms with Gasteiger partial charge >= 0.3 is 0 Å². The molecule has 2 atom stereocenters. The summed E-state index contributed by atoms with van der Waals surface area (Å²) in [4.78, 5) is 20.5. The van der Waals surface area contributed by atoms with Crippen molar-refractivity contribution < 1.29 is 4.79 Å². The average molecular weight is 417 g/mol. The SMILES string of the molecule is C[C@@H](NC(=O)[C@H]1CCCN(c2nc3ccccc3n2C2CCCC2)C1)c1ccccc1. The van der Waals surface area contributed by atoms with Gasteiger partial charge in [-0.05, 0) is 50.3 Å². The van der Waals surface area contributed by atoms with Crippen molar-refractivity contribution in [1.82, 2.24) is 14.9 Å². The van der Waals surface area contributed by atoms with Gasteiger partial charge < -0.3 is 14.8 Å². The lowest BCUT2D eigenvalue weighted by molar-refractivity contribution is -0.125. The molecule has 0 unspecified atom stereocenters.